The number of benzene rings is 10. The van der Waals surface area contributed by atoms with Crippen LogP contribution in [-0.2, 0) is 6.42 Å². The van der Waals surface area contributed by atoms with Gasteiger partial charge in [-0.1, -0.05) is 182 Å². The quantitative estimate of drug-likeness (QED) is 0.166. The molecule has 0 amide bonds. The Balaban J connectivity index is 0.897. The number of hydrogen-bond donors (Lipinski definition) is 0. The third-order valence-electron chi connectivity index (χ3n) is 14.1. The predicted molar refractivity (Wildman–Crippen MR) is 279 cm³/mol. The van der Waals surface area contributed by atoms with Crippen molar-refractivity contribution in [2.75, 3.05) is 0 Å². The van der Waals surface area contributed by atoms with Gasteiger partial charge in [0, 0.05) is 43.6 Å². The van der Waals surface area contributed by atoms with Crippen molar-refractivity contribution in [3.8, 4) is 44.9 Å². The molecule has 0 N–H and O–H groups in total. The summed E-state index contributed by atoms with van der Waals surface area (Å²) in [5.41, 5.74) is 14.2. The zero-order valence-electron chi connectivity index (χ0n) is 36.0. The third kappa shape index (κ3) is 5.66. The van der Waals surface area contributed by atoms with Gasteiger partial charge in [0.1, 0.15) is 0 Å². The van der Waals surface area contributed by atoms with Gasteiger partial charge in [0.15, 0.2) is 0 Å². The molecular formula is C63H39N3. The minimum atomic E-state index is 0.923. The van der Waals surface area contributed by atoms with Gasteiger partial charge in [-0.15, -0.1) is 0 Å². The van der Waals surface area contributed by atoms with Crippen LogP contribution in [-0.4, -0.2) is 15.0 Å². The second kappa shape index (κ2) is 14.5. The van der Waals surface area contributed by atoms with E-state index in [1.165, 1.54) is 76.1 Å². The summed E-state index contributed by atoms with van der Waals surface area (Å²) in [6, 6.07) is 72.5. The molecule has 1 aliphatic carbocycles. The van der Waals surface area contributed by atoms with Crippen LogP contribution in [0.1, 0.15) is 17.5 Å². The molecule has 306 valence electrons. The molecule has 3 heteroatoms. The summed E-state index contributed by atoms with van der Waals surface area (Å²) >= 11 is 0. The maximum Gasteiger partial charge on any atom is 0.0972 e. The minimum Gasteiger partial charge on any atom is -0.246 e. The van der Waals surface area contributed by atoms with Gasteiger partial charge < -0.3 is 0 Å². The van der Waals surface area contributed by atoms with Crippen LogP contribution < -0.4 is 0 Å². The topological polar surface area (TPSA) is 38.7 Å². The molecule has 0 unspecified atom stereocenters. The summed E-state index contributed by atoms with van der Waals surface area (Å²) in [7, 11) is 0. The molecule has 3 nitrogen and oxygen atoms in total. The van der Waals surface area contributed by atoms with Gasteiger partial charge in [0.2, 0.25) is 0 Å². The first-order valence-electron chi connectivity index (χ1n) is 22.9. The van der Waals surface area contributed by atoms with E-state index >= 15 is 0 Å². The molecule has 1 aliphatic rings. The van der Waals surface area contributed by atoms with Crippen LogP contribution in [0.5, 0.6) is 0 Å². The molecule has 0 atom stereocenters. The molecule has 66 heavy (non-hydrogen) atoms. The summed E-state index contributed by atoms with van der Waals surface area (Å²) in [5.74, 6) is 0. The smallest absolute Gasteiger partial charge is 0.0972 e. The van der Waals surface area contributed by atoms with Crippen molar-refractivity contribution in [1.82, 2.24) is 15.0 Å². The lowest BCUT2D eigenvalue weighted by atomic mass is 9.85. The average molecular weight is 838 g/mol. The fourth-order valence-corrected chi connectivity index (χ4v) is 10.9. The van der Waals surface area contributed by atoms with E-state index in [4.69, 9.17) is 15.0 Å². The molecule has 3 aromatic heterocycles. The minimum absolute atomic E-state index is 0.923. The van der Waals surface area contributed by atoms with Gasteiger partial charge in [0.25, 0.3) is 0 Å². The van der Waals surface area contributed by atoms with Crippen molar-refractivity contribution in [3.63, 3.8) is 0 Å². The summed E-state index contributed by atoms with van der Waals surface area (Å²) in [5, 5.41) is 15.8. The Morgan fingerprint density at radius 1 is 0.318 bits per heavy atom. The Morgan fingerprint density at radius 2 is 0.848 bits per heavy atom. The fourth-order valence-electron chi connectivity index (χ4n) is 10.9. The van der Waals surface area contributed by atoms with Crippen molar-refractivity contribution >= 4 is 92.6 Å². The van der Waals surface area contributed by atoms with Crippen molar-refractivity contribution in [1.29, 1.82) is 0 Å². The average Bonchev–Trinajstić information content (AvgIpc) is 3.40. The second-order valence-corrected chi connectivity index (χ2v) is 17.7. The molecule has 0 fully saturated rings. The molecule has 13 aromatic rings. The van der Waals surface area contributed by atoms with Gasteiger partial charge in [-0.3, -0.25) is 0 Å². The Labute approximate surface area is 381 Å². The summed E-state index contributed by atoms with van der Waals surface area (Å²) in [6.45, 7) is 0. The Morgan fingerprint density at radius 3 is 1.61 bits per heavy atom. The Kier molecular flexibility index (Phi) is 8.11. The van der Waals surface area contributed by atoms with Gasteiger partial charge in [-0.05, 0) is 109 Å². The SMILES string of the molecule is C1=Cc2c(c3cc(-c4cccc(-c5nc6c7ccccc7c7ccccc7c6c6ccccc56)c4)ccc3c3ccc(-c4ccc5ccc6ccc(-c7ccccc7)nc6c5n4)cc23)CC1. The van der Waals surface area contributed by atoms with E-state index in [1.807, 2.05) is 6.07 Å². The van der Waals surface area contributed by atoms with E-state index < -0.39 is 0 Å². The van der Waals surface area contributed by atoms with E-state index in [0.717, 1.165) is 79.3 Å². The number of nitrogens with zero attached hydrogens (tertiary/aromatic N) is 3. The van der Waals surface area contributed by atoms with Crippen molar-refractivity contribution in [2.45, 2.75) is 12.8 Å². The van der Waals surface area contributed by atoms with Crippen LogP contribution in [0.25, 0.3) is 138 Å². The molecule has 14 rings (SSSR count). The first kappa shape index (κ1) is 36.9. The third-order valence-corrected chi connectivity index (χ3v) is 14.1. The normalized spacial score (nSPS) is 12.7. The molecule has 0 saturated carbocycles. The van der Waals surface area contributed by atoms with Gasteiger partial charge in [-0.25, -0.2) is 15.0 Å². The maximum absolute atomic E-state index is 5.59. The van der Waals surface area contributed by atoms with Gasteiger partial charge in [0.05, 0.1) is 33.6 Å². The Hall–Kier alpha value is -8.53. The highest BCUT2D eigenvalue weighted by Crippen LogP contribution is 2.43. The first-order chi connectivity index (χ1) is 32.7. The monoisotopic (exact) mass is 837 g/mol. The van der Waals surface area contributed by atoms with Crippen LogP contribution in [0, 0.1) is 0 Å². The van der Waals surface area contributed by atoms with Crippen LogP contribution >= 0.6 is 0 Å². The number of fused-ring (bicyclic) bond motifs is 17. The number of pyridine rings is 3. The summed E-state index contributed by atoms with van der Waals surface area (Å²) in [4.78, 5) is 16.1. The number of aryl methyl sites for hydroxylation is 1. The zero-order chi connectivity index (χ0) is 43.3. The summed E-state index contributed by atoms with van der Waals surface area (Å²) in [6.07, 6.45) is 6.70. The molecule has 0 bridgehead atoms. The highest BCUT2D eigenvalue weighted by molar-refractivity contribution is 6.31. The van der Waals surface area contributed by atoms with Crippen molar-refractivity contribution < 1.29 is 0 Å². The van der Waals surface area contributed by atoms with Crippen molar-refractivity contribution in [3.05, 3.63) is 217 Å². The first-order valence-corrected chi connectivity index (χ1v) is 22.9. The van der Waals surface area contributed by atoms with Crippen LogP contribution in [0.3, 0.4) is 0 Å². The number of aromatic nitrogens is 3. The zero-order valence-corrected chi connectivity index (χ0v) is 36.0. The number of rotatable bonds is 4. The molecule has 0 saturated heterocycles. The molecule has 0 radical (unpaired) electrons. The van der Waals surface area contributed by atoms with E-state index in [2.05, 4.69) is 206 Å². The number of allylic oxidation sites excluding steroid dienone is 1. The summed E-state index contributed by atoms with van der Waals surface area (Å²) < 4.78 is 0. The Bertz CT molecular complexity index is 4220. The van der Waals surface area contributed by atoms with E-state index in [0.29, 0.717) is 0 Å². The van der Waals surface area contributed by atoms with Crippen LogP contribution in [0.4, 0.5) is 0 Å². The van der Waals surface area contributed by atoms with E-state index in [9.17, 15) is 0 Å². The van der Waals surface area contributed by atoms with Crippen molar-refractivity contribution in [2.24, 2.45) is 0 Å². The van der Waals surface area contributed by atoms with Gasteiger partial charge >= 0.3 is 0 Å². The lowest BCUT2D eigenvalue weighted by Gasteiger charge is -2.19. The van der Waals surface area contributed by atoms with Crippen LogP contribution in [0.15, 0.2) is 206 Å². The highest BCUT2D eigenvalue weighted by atomic mass is 14.8. The predicted octanol–water partition coefficient (Wildman–Crippen LogP) is 16.7. The molecule has 0 spiro atoms. The molecule has 0 aliphatic heterocycles. The highest BCUT2D eigenvalue weighted by Gasteiger charge is 2.20. The molecular weight excluding hydrogens is 799 g/mol. The number of hydrogen-bond acceptors (Lipinski definition) is 3. The molecule has 3 heterocycles. The van der Waals surface area contributed by atoms with Crippen LogP contribution in [0.2, 0.25) is 0 Å². The largest absolute Gasteiger partial charge is 0.246 e. The standard InChI is InChI=1S/C63H39N3/c1-2-13-38(14-3-1)57-33-29-39-25-26-40-30-34-58(65-62(40)61(39)64-57)43-28-32-50-49-31-27-42(36-55(49)47-19-4-5-20-48(47)56(50)37-43)41-15-12-16-44(35-41)60-54-24-11-9-22-52(54)59-51-21-8-6-17-45(51)46-18-7-10-23-53(46)63(59)66-60/h1-3,5-18,20-37H,4,19H2. The lowest BCUT2D eigenvalue weighted by Crippen LogP contribution is -1.99. The van der Waals surface area contributed by atoms with E-state index in [-0.39, 0.29) is 0 Å². The van der Waals surface area contributed by atoms with E-state index in [1.54, 1.807) is 0 Å². The van der Waals surface area contributed by atoms with Gasteiger partial charge in [-0.2, -0.15) is 0 Å². The maximum atomic E-state index is 5.59. The fraction of sp³-hybridized carbons (Fsp3) is 0.0317. The molecule has 10 aromatic carbocycles. The lowest BCUT2D eigenvalue weighted by molar-refractivity contribution is 1.00. The second-order valence-electron chi connectivity index (χ2n) is 17.7.